The quantitative estimate of drug-likeness (QED) is 0.0261. The molecule has 0 amide bonds. The van der Waals surface area contributed by atoms with Gasteiger partial charge in [-0.1, -0.05) is 244 Å². The number of esters is 3. The normalized spacial score (nSPS) is 13.1. The molecule has 0 saturated carbocycles. The zero-order chi connectivity index (χ0) is 54.3. The molecule has 0 heterocycles. The largest absolute Gasteiger partial charge is 0.462 e. The van der Waals surface area contributed by atoms with E-state index in [1.165, 1.54) is 57.8 Å². The molecule has 0 fully saturated rings. The third kappa shape index (κ3) is 60.3. The van der Waals surface area contributed by atoms with Gasteiger partial charge in [0.05, 0.1) is 0 Å². The van der Waals surface area contributed by atoms with Crippen LogP contribution in [0.1, 0.15) is 265 Å². The minimum Gasteiger partial charge on any atom is -0.462 e. The zero-order valence-electron chi connectivity index (χ0n) is 48.5. The van der Waals surface area contributed by atoms with Gasteiger partial charge >= 0.3 is 17.9 Å². The van der Waals surface area contributed by atoms with Crippen LogP contribution in [0.2, 0.25) is 0 Å². The third-order valence-electron chi connectivity index (χ3n) is 12.6. The molecule has 0 aliphatic heterocycles. The molecule has 0 aromatic carbocycles. The molecule has 6 heteroatoms. The summed E-state index contributed by atoms with van der Waals surface area (Å²) >= 11 is 0. The molecule has 0 N–H and O–H groups in total. The first-order chi connectivity index (χ1) is 37.0. The van der Waals surface area contributed by atoms with Gasteiger partial charge in [0.1, 0.15) is 13.2 Å². The number of rotatable bonds is 54. The Hall–Kier alpha value is -4.45. The van der Waals surface area contributed by atoms with Gasteiger partial charge in [-0.15, -0.1) is 0 Å². The van der Waals surface area contributed by atoms with E-state index < -0.39 is 6.10 Å². The number of carbonyl (C=O) groups is 3. The van der Waals surface area contributed by atoms with E-state index in [0.717, 1.165) is 167 Å². The lowest BCUT2D eigenvalue weighted by Crippen LogP contribution is -2.30. The lowest BCUT2D eigenvalue weighted by molar-refractivity contribution is -0.167. The van der Waals surface area contributed by atoms with Crippen molar-refractivity contribution in [2.45, 2.75) is 271 Å². The maximum absolute atomic E-state index is 12.9. The van der Waals surface area contributed by atoms with Crippen molar-refractivity contribution in [2.75, 3.05) is 13.2 Å². The summed E-state index contributed by atoms with van der Waals surface area (Å²) < 4.78 is 16.9. The van der Waals surface area contributed by atoms with Crippen LogP contribution in [-0.2, 0) is 28.6 Å². The Labute approximate surface area is 462 Å². The molecule has 0 saturated heterocycles. The van der Waals surface area contributed by atoms with Gasteiger partial charge in [-0.3, -0.25) is 14.4 Å². The summed E-state index contributed by atoms with van der Waals surface area (Å²) in [4.78, 5) is 38.3. The van der Waals surface area contributed by atoms with Gasteiger partial charge in [0.15, 0.2) is 6.10 Å². The second-order valence-electron chi connectivity index (χ2n) is 19.8. The summed E-state index contributed by atoms with van der Waals surface area (Å²) in [7, 11) is 0. The van der Waals surface area contributed by atoms with Crippen molar-refractivity contribution < 1.29 is 28.6 Å². The van der Waals surface area contributed by atoms with Crippen LogP contribution in [-0.4, -0.2) is 37.2 Å². The number of hydrogen-bond donors (Lipinski definition) is 0. The van der Waals surface area contributed by atoms with Crippen molar-refractivity contribution in [2.24, 2.45) is 0 Å². The molecular weight excluding hydrogens is 925 g/mol. The molecule has 0 aliphatic carbocycles. The van der Waals surface area contributed by atoms with Crippen LogP contribution in [0.15, 0.2) is 134 Å². The van der Waals surface area contributed by atoms with E-state index >= 15 is 0 Å². The molecule has 1 atom stereocenters. The van der Waals surface area contributed by atoms with Crippen LogP contribution < -0.4 is 0 Å². The smallest absolute Gasteiger partial charge is 0.306 e. The Bertz CT molecular complexity index is 1620. The number of allylic oxidation sites excluding steroid dienone is 22. The minimum absolute atomic E-state index is 0.0989. The second kappa shape index (κ2) is 62.1. The van der Waals surface area contributed by atoms with Crippen LogP contribution in [0.5, 0.6) is 0 Å². The third-order valence-corrected chi connectivity index (χ3v) is 12.6. The van der Waals surface area contributed by atoms with Gasteiger partial charge in [0, 0.05) is 19.3 Å². The Morgan fingerprint density at radius 1 is 0.280 bits per heavy atom. The van der Waals surface area contributed by atoms with E-state index in [0.29, 0.717) is 19.3 Å². The molecule has 0 aromatic heterocycles. The van der Waals surface area contributed by atoms with Gasteiger partial charge in [-0.2, -0.15) is 0 Å². The molecule has 0 bridgehead atoms. The number of carbonyl (C=O) groups excluding carboxylic acids is 3. The lowest BCUT2D eigenvalue weighted by Gasteiger charge is -2.18. The average molecular weight is 1040 g/mol. The Kier molecular flexibility index (Phi) is 58.4. The topological polar surface area (TPSA) is 78.9 Å². The molecule has 424 valence electrons. The maximum Gasteiger partial charge on any atom is 0.306 e. The highest BCUT2D eigenvalue weighted by molar-refractivity contribution is 5.71. The lowest BCUT2D eigenvalue weighted by atomic mass is 10.1. The number of hydrogen-bond acceptors (Lipinski definition) is 6. The molecule has 0 spiro atoms. The van der Waals surface area contributed by atoms with Gasteiger partial charge in [0.25, 0.3) is 0 Å². The van der Waals surface area contributed by atoms with E-state index in [4.69, 9.17) is 14.2 Å². The van der Waals surface area contributed by atoms with Gasteiger partial charge in [0.2, 0.25) is 0 Å². The summed E-state index contributed by atoms with van der Waals surface area (Å²) in [6, 6.07) is 0. The van der Waals surface area contributed by atoms with Crippen LogP contribution in [0, 0.1) is 0 Å². The summed E-state index contributed by atoms with van der Waals surface area (Å²) in [5.74, 6) is -0.939. The highest BCUT2D eigenvalue weighted by Crippen LogP contribution is 2.14. The molecule has 1 unspecified atom stereocenters. The van der Waals surface area contributed by atoms with Crippen molar-refractivity contribution in [3.8, 4) is 0 Å². The van der Waals surface area contributed by atoms with Gasteiger partial charge in [-0.05, 0) is 135 Å². The second-order valence-corrected chi connectivity index (χ2v) is 19.8. The molecule has 0 radical (unpaired) electrons. The van der Waals surface area contributed by atoms with Crippen molar-refractivity contribution in [1.29, 1.82) is 0 Å². The standard InChI is InChI=1S/C69H112O6/c1-4-7-10-13-16-19-22-25-28-30-32-34-36-38-41-44-47-50-53-56-59-62-68(71)74-65-66(64-73-67(70)61-58-55-52-49-46-43-40-27-24-21-18-15-12-9-6-3)75-69(72)63-60-57-54-51-48-45-42-39-37-35-33-31-29-26-23-20-17-14-11-8-5-2/h7-8,10-11,16-21,25-29,32-35,38,40-41,66H,4-6,9,12-15,22-24,30-31,36-37,39,42-65H2,1-3H3/b10-7-,11-8-,19-16-,20-17-,21-18-,28-25-,29-26-,34-32-,35-33-,40-27-,41-38-. The first kappa shape index (κ1) is 70.5. The average Bonchev–Trinajstić information content (AvgIpc) is 3.41. The van der Waals surface area contributed by atoms with E-state index in [9.17, 15) is 14.4 Å². The molecule has 6 nitrogen and oxygen atoms in total. The zero-order valence-corrected chi connectivity index (χ0v) is 48.5. The fraction of sp³-hybridized carbons (Fsp3) is 0.638. The highest BCUT2D eigenvalue weighted by Gasteiger charge is 2.19. The maximum atomic E-state index is 12.9. The van der Waals surface area contributed by atoms with Crippen LogP contribution >= 0.6 is 0 Å². The molecule has 0 aliphatic rings. The predicted molar refractivity (Wildman–Crippen MR) is 325 cm³/mol. The summed E-state index contributed by atoms with van der Waals surface area (Å²) in [5, 5.41) is 0. The molecular formula is C69H112O6. The van der Waals surface area contributed by atoms with Crippen LogP contribution in [0.4, 0.5) is 0 Å². The van der Waals surface area contributed by atoms with Gasteiger partial charge < -0.3 is 14.2 Å². The van der Waals surface area contributed by atoms with E-state index in [1.807, 2.05) is 0 Å². The number of ether oxygens (including phenoxy) is 3. The molecule has 0 aromatic rings. The van der Waals surface area contributed by atoms with E-state index in [1.54, 1.807) is 0 Å². The number of unbranched alkanes of at least 4 members (excludes halogenated alkanes) is 21. The van der Waals surface area contributed by atoms with Crippen molar-refractivity contribution in [1.82, 2.24) is 0 Å². The fourth-order valence-electron chi connectivity index (χ4n) is 8.08. The molecule has 75 heavy (non-hydrogen) atoms. The first-order valence-electron chi connectivity index (χ1n) is 30.7. The van der Waals surface area contributed by atoms with Crippen molar-refractivity contribution in [3.05, 3.63) is 134 Å². The predicted octanol–water partition coefficient (Wildman–Crippen LogP) is 21.0. The highest BCUT2D eigenvalue weighted by atomic mass is 16.6. The minimum atomic E-state index is -0.803. The summed E-state index contributed by atoms with van der Waals surface area (Å²) in [6.45, 7) is 6.36. The monoisotopic (exact) mass is 1040 g/mol. The summed E-state index contributed by atoms with van der Waals surface area (Å²) in [5.41, 5.74) is 0. The van der Waals surface area contributed by atoms with Crippen molar-refractivity contribution in [3.63, 3.8) is 0 Å². The van der Waals surface area contributed by atoms with Gasteiger partial charge in [-0.25, -0.2) is 0 Å². The fourth-order valence-corrected chi connectivity index (χ4v) is 8.08. The van der Waals surface area contributed by atoms with Crippen molar-refractivity contribution >= 4 is 17.9 Å². The van der Waals surface area contributed by atoms with E-state index in [2.05, 4.69) is 154 Å². The Morgan fingerprint density at radius 2 is 0.520 bits per heavy atom. The van der Waals surface area contributed by atoms with Crippen LogP contribution in [0.25, 0.3) is 0 Å². The van der Waals surface area contributed by atoms with Crippen LogP contribution in [0.3, 0.4) is 0 Å². The Morgan fingerprint density at radius 3 is 0.813 bits per heavy atom. The SMILES string of the molecule is CC/C=C\C/C=C\C/C=C\C/C=C\C/C=C\CCCCCCCC(=O)OCC(COC(=O)CCCCCCC/C=C\C/C=C\CCCCC)OC(=O)CCCCCCCCCC/C=C\C/C=C\C/C=C\C/C=C\CC. The first-order valence-corrected chi connectivity index (χ1v) is 30.7. The van der Waals surface area contributed by atoms with E-state index in [-0.39, 0.29) is 31.1 Å². The summed E-state index contributed by atoms with van der Waals surface area (Å²) in [6.07, 6.45) is 87.2. The molecule has 0 rings (SSSR count). The Balaban J connectivity index is 4.47.